The molecule has 13 heavy (non-hydrogen) atoms. The van der Waals surface area contributed by atoms with Crippen molar-refractivity contribution in [3.63, 3.8) is 0 Å². The van der Waals surface area contributed by atoms with Crippen LogP contribution in [0.2, 0.25) is 0 Å². The van der Waals surface area contributed by atoms with Crippen molar-refractivity contribution in [2.75, 3.05) is 25.0 Å². The van der Waals surface area contributed by atoms with E-state index in [1.807, 2.05) is 0 Å². The zero-order valence-corrected chi connectivity index (χ0v) is 10.4. The second-order valence-corrected chi connectivity index (χ2v) is 4.93. The van der Waals surface area contributed by atoms with Crippen molar-refractivity contribution >= 4 is 15.9 Å². The molecule has 0 spiro atoms. The minimum Gasteiger partial charge on any atom is -0.303 e. The average molecular weight is 248 g/mol. The minimum absolute atomic E-state index is 0.973. The van der Waals surface area contributed by atoms with Crippen molar-refractivity contribution in [1.82, 2.24) is 4.90 Å². The van der Waals surface area contributed by atoms with Crippen LogP contribution in [0, 0.1) is 5.92 Å². The Morgan fingerprint density at radius 3 is 2.92 bits per heavy atom. The molecule has 1 heterocycles. The van der Waals surface area contributed by atoms with Gasteiger partial charge >= 0.3 is 0 Å². The largest absolute Gasteiger partial charge is 0.303 e. The summed E-state index contributed by atoms with van der Waals surface area (Å²) in [5.74, 6) is 0.973. The van der Waals surface area contributed by atoms with Crippen molar-refractivity contribution < 1.29 is 0 Å². The van der Waals surface area contributed by atoms with Crippen LogP contribution in [0.15, 0.2) is 0 Å². The zero-order chi connectivity index (χ0) is 9.52. The van der Waals surface area contributed by atoms with E-state index < -0.39 is 0 Å². The highest BCUT2D eigenvalue weighted by Crippen LogP contribution is 2.20. The van der Waals surface area contributed by atoms with E-state index in [0.717, 1.165) is 5.92 Å². The molecule has 2 heteroatoms. The number of hydrogen-bond acceptors (Lipinski definition) is 1. The lowest BCUT2D eigenvalue weighted by Gasteiger charge is -2.15. The standard InChI is InChI=1S/C11H22BrN/c1-2-3-4-8-13-9-6-11(10-13)5-7-12/h11H,2-10H2,1H3. The molecule has 0 saturated carbocycles. The molecule has 1 unspecified atom stereocenters. The third kappa shape index (κ3) is 4.46. The van der Waals surface area contributed by atoms with Gasteiger partial charge in [0.15, 0.2) is 0 Å². The second-order valence-electron chi connectivity index (χ2n) is 4.14. The Hall–Kier alpha value is 0.440. The van der Waals surface area contributed by atoms with E-state index in [1.165, 1.54) is 57.1 Å². The van der Waals surface area contributed by atoms with Crippen molar-refractivity contribution in [2.45, 2.75) is 39.0 Å². The quantitative estimate of drug-likeness (QED) is 0.515. The third-order valence-electron chi connectivity index (χ3n) is 2.97. The molecule has 0 aromatic heterocycles. The van der Waals surface area contributed by atoms with Crippen LogP contribution in [-0.4, -0.2) is 29.9 Å². The molecule has 0 aliphatic carbocycles. The fourth-order valence-corrected chi connectivity index (χ4v) is 2.74. The number of alkyl halides is 1. The average Bonchev–Trinajstić information content (AvgIpc) is 2.54. The summed E-state index contributed by atoms with van der Waals surface area (Å²) in [4.78, 5) is 2.64. The number of unbranched alkanes of at least 4 members (excludes halogenated alkanes) is 2. The van der Waals surface area contributed by atoms with Crippen LogP contribution in [0.3, 0.4) is 0 Å². The van der Waals surface area contributed by atoms with Gasteiger partial charge in [-0.3, -0.25) is 0 Å². The molecule has 0 N–H and O–H groups in total. The topological polar surface area (TPSA) is 3.24 Å². The molecule has 1 rings (SSSR count). The van der Waals surface area contributed by atoms with Crippen molar-refractivity contribution in [2.24, 2.45) is 5.92 Å². The van der Waals surface area contributed by atoms with Crippen LogP contribution in [0.4, 0.5) is 0 Å². The summed E-state index contributed by atoms with van der Waals surface area (Å²) < 4.78 is 0. The molecule has 1 aliphatic rings. The predicted molar refractivity (Wildman–Crippen MR) is 62.5 cm³/mol. The van der Waals surface area contributed by atoms with Gasteiger partial charge < -0.3 is 4.90 Å². The Morgan fingerprint density at radius 1 is 1.38 bits per heavy atom. The van der Waals surface area contributed by atoms with E-state index in [4.69, 9.17) is 0 Å². The van der Waals surface area contributed by atoms with E-state index in [0.29, 0.717) is 0 Å². The molecular formula is C11H22BrN. The van der Waals surface area contributed by atoms with Crippen LogP contribution in [0.5, 0.6) is 0 Å². The Balaban J connectivity index is 2.03. The van der Waals surface area contributed by atoms with Crippen molar-refractivity contribution in [1.29, 1.82) is 0 Å². The molecule has 0 aromatic carbocycles. The molecule has 78 valence electrons. The zero-order valence-electron chi connectivity index (χ0n) is 8.77. The molecule has 1 fully saturated rings. The van der Waals surface area contributed by atoms with Gasteiger partial charge in [-0.15, -0.1) is 0 Å². The molecule has 0 bridgehead atoms. The minimum atomic E-state index is 0.973. The van der Waals surface area contributed by atoms with Crippen LogP contribution < -0.4 is 0 Å². The normalized spacial score (nSPS) is 24.0. The van der Waals surface area contributed by atoms with Crippen molar-refractivity contribution in [3.8, 4) is 0 Å². The summed E-state index contributed by atoms with van der Waals surface area (Å²) in [6.07, 6.45) is 6.94. The lowest BCUT2D eigenvalue weighted by molar-refractivity contribution is 0.315. The number of rotatable bonds is 6. The Bertz CT molecular complexity index is 127. The van der Waals surface area contributed by atoms with Gasteiger partial charge in [0.05, 0.1) is 0 Å². The number of nitrogens with zero attached hydrogens (tertiary/aromatic N) is 1. The second kappa shape index (κ2) is 6.83. The number of halogens is 1. The van der Waals surface area contributed by atoms with E-state index >= 15 is 0 Å². The number of hydrogen-bond donors (Lipinski definition) is 0. The number of likely N-dealkylation sites (tertiary alicyclic amines) is 1. The highest BCUT2D eigenvalue weighted by Gasteiger charge is 2.20. The molecule has 0 aromatic rings. The summed E-state index contributed by atoms with van der Waals surface area (Å²) in [5, 5.41) is 1.18. The van der Waals surface area contributed by atoms with E-state index in [2.05, 4.69) is 27.8 Å². The maximum absolute atomic E-state index is 3.52. The van der Waals surface area contributed by atoms with Gasteiger partial charge in [-0.1, -0.05) is 35.7 Å². The third-order valence-corrected chi connectivity index (χ3v) is 3.42. The van der Waals surface area contributed by atoms with E-state index in [-0.39, 0.29) is 0 Å². The van der Waals surface area contributed by atoms with E-state index in [1.54, 1.807) is 0 Å². The first-order chi connectivity index (χ1) is 6.36. The summed E-state index contributed by atoms with van der Waals surface area (Å²) in [6.45, 7) is 6.32. The molecule has 0 radical (unpaired) electrons. The predicted octanol–water partition coefficient (Wildman–Crippen LogP) is 3.28. The van der Waals surface area contributed by atoms with Gasteiger partial charge in [-0.2, -0.15) is 0 Å². The van der Waals surface area contributed by atoms with Crippen LogP contribution in [-0.2, 0) is 0 Å². The Morgan fingerprint density at radius 2 is 2.23 bits per heavy atom. The van der Waals surface area contributed by atoms with Gasteiger partial charge in [0.2, 0.25) is 0 Å². The molecule has 0 amide bonds. The maximum atomic E-state index is 3.52. The first-order valence-electron chi connectivity index (χ1n) is 5.65. The highest BCUT2D eigenvalue weighted by atomic mass is 79.9. The van der Waals surface area contributed by atoms with Crippen LogP contribution in [0.25, 0.3) is 0 Å². The fourth-order valence-electron chi connectivity index (χ4n) is 2.09. The van der Waals surface area contributed by atoms with Crippen LogP contribution in [0.1, 0.15) is 39.0 Å². The van der Waals surface area contributed by atoms with Gasteiger partial charge in [-0.25, -0.2) is 0 Å². The fraction of sp³-hybridized carbons (Fsp3) is 1.00. The lowest BCUT2D eigenvalue weighted by atomic mass is 10.1. The smallest absolute Gasteiger partial charge is 0.00344 e. The summed E-state index contributed by atoms with van der Waals surface area (Å²) >= 11 is 3.52. The molecule has 1 aliphatic heterocycles. The highest BCUT2D eigenvalue weighted by molar-refractivity contribution is 9.09. The monoisotopic (exact) mass is 247 g/mol. The van der Waals surface area contributed by atoms with Gasteiger partial charge in [-0.05, 0) is 38.3 Å². The lowest BCUT2D eigenvalue weighted by Crippen LogP contribution is -2.21. The van der Waals surface area contributed by atoms with Gasteiger partial charge in [0.1, 0.15) is 0 Å². The molecule has 1 atom stereocenters. The SMILES string of the molecule is CCCCCN1CCC(CCBr)C1. The molecule has 1 nitrogen and oxygen atoms in total. The Labute approximate surface area is 91.0 Å². The van der Waals surface area contributed by atoms with Gasteiger partial charge in [0, 0.05) is 11.9 Å². The molecular weight excluding hydrogens is 226 g/mol. The molecule has 1 saturated heterocycles. The first kappa shape index (κ1) is 11.5. The van der Waals surface area contributed by atoms with Crippen molar-refractivity contribution in [3.05, 3.63) is 0 Å². The van der Waals surface area contributed by atoms with Gasteiger partial charge in [0.25, 0.3) is 0 Å². The van der Waals surface area contributed by atoms with Crippen LogP contribution >= 0.6 is 15.9 Å². The maximum Gasteiger partial charge on any atom is 0.00344 e. The summed E-state index contributed by atoms with van der Waals surface area (Å²) in [6, 6.07) is 0. The Kier molecular flexibility index (Phi) is 6.05. The summed E-state index contributed by atoms with van der Waals surface area (Å²) in [7, 11) is 0. The summed E-state index contributed by atoms with van der Waals surface area (Å²) in [5.41, 5.74) is 0. The van der Waals surface area contributed by atoms with E-state index in [9.17, 15) is 0 Å². The first-order valence-corrected chi connectivity index (χ1v) is 6.77.